The number of hydrogen-bond donors (Lipinski definition) is 1. The van der Waals surface area contributed by atoms with Gasteiger partial charge in [0.05, 0.1) is 11.5 Å². The number of nitrogens with one attached hydrogen (secondary N) is 1. The number of ether oxygens (including phenoxy) is 2. The van der Waals surface area contributed by atoms with Crippen molar-refractivity contribution in [2.75, 3.05) is 26.1 Å². The second-order valence-corrected chi connectivity index (χ2v) is 9.08. The van der Waals surface area contributed by atoms with E-state index in [0.29, 0.717) is 11.4 Å². The molecule has 1 saturated heterocycles. The summed E-state index contributed by atoms with van der Waals surface area (Å²) in [5.41, 5.74) is -1.00. The topological polar surface area (TPSA) is 107 Å². The van der Waals surface area contributed by atoms with Crippen LogP contribution in [0.1, 0.15) is 46.2 Å². The zero-order valence-electron chi connectivity index (χ0n) is 18.4. The molecule has 1 aliphatic rings. The summed E-state index contributed by atoms with van der Waals surface area (Å²) in [7, 11) is 5.14. The van der Waals surface area contributed by atoms with Gasteiger partial charge in [-0.25, -0.2) is 4.98 Å². The molecule has 2 rings (SSSR count). The molecule has 9 heteroatoms. The Bertz CT molecular complexity index is 759. The number of esters is 1. The Balaban J connectivity index is 2.59. The van der Waals surface area contributed by atoms with Gasteiger partial charge in [-0.3, -0.25) is 20.2 Å². The van der Waals surface area contributed by atoms with Gasteiger partial charge in [-0.2, -0.15) is 0 Å². The molecule has 0 radical (unpaired) electrons. The molecule has 1 aromatic rings. The van der Waals surface area contributed by atoms with Crippen LogP contribution in [0.25, 0.3) is 0 Å². The molecular weight excluding hydrogens is 376 g/mol. The molecule has 0 amide bonds. The van der Waals surface area contributed by atoms with E-state index in [1.165, 1.54) is 7.11 Å². The number of methoxy groups -OCH3 is 1. The number of carbonyl (C=O) groups is 1. The molecule has 0 saturated carbocycles. The fraction of sp³-hybridized carbons (Fsp3) is 0.700. The number of anilines is 1. The first-order chi connectivity index (χ1) is 13.3. The van der Waals surface area contributed by atoms with Crippen molar-refractivity contribution in [1.29, 1.82) is 0 Å². The summed E-state index contributed by atoms with van der Waals surface area (Å²) in [6.07, 6.45) is 1.64. The molecule has 0 aliphatic carbocycles. The van der Waals surface area contributed by atoms with Crippen LogP contribution in [-0.2, 0) is 14.3 Å². The third kappa shape index (κ3) is 4.84. The maximum Gasteiger partial charge on any atom is 0.324 e. The first kappa shape index (κ1) is 23.0. The molecule has 1 aromatic heterocycles. The predicted octanol–water partition coefficient (Wildman–Crippen LogP) is 2.19. The van der Waals surface area contributed by atoms with E-state index in [2.05, 4.69) is 10.3 Å². The van der Waals surface area contributed by atoms with Crippen LogP contribution in [0.2, 0.25) is 0 Å². The molecule has 1 aliphatic heterocycles. The molecule has 0 unspecified atom stereocenters. The molecule has 1 N–H and O–H groups in total. The van der Waals surface area contributed by atoms with Crippen molar-refractivity contribution < 1.29 is 19.2 Å². The third-order valence-corrected chi connectivity index (χ3v) is 5.24. The van der Waals surface area contributed by atoms with Gasteiger partial charge in [-0.05, 0) is 40.7 Å². The minimum atomic E-state index is -1.11. The maximum absolute atomic E-state index is 13.0. The molecule has 29 heavy (non-hydrogen) atoms. The van der Waals surface area contributed by atoms with Gasteiger partial charge < -0.3 is 14.4 Å². The van der Waals surface area contributed by atoms with Crippen molar-refractivity contribution in [3.05, 3.63) is 34.0 Å². The fourth-order valence-electron chi connectivity index (χ4n) is 3.88. The Morgan fingerprint density at radius 2 is 1.90 bits per heavy atom. The molecule has 1 fully saturated rings. The summed E-state index contributed by atoms with van der Waals surface area (Å²) in [6.45, 7) is 8.82. The van der Waals surface area contributed by atoms with E-state index in [4.69, 9.17) is 9.47 Å². The Kier molecular flexibility index (Phi) is 6.54. The second kappa shape index (κ2) is 8.23. The number of rotatable bonds is 6. The second-order valence-electron chi connectivity index (χ2n) is 9.08. The monoisotopic (exact) mass is 408 g/mol. The lowest BCUT2D eigenvalue weighted by molar-refractivity contribution is -0.536. The van der Waals surface area contributed by atoms with Crippen molar-refractivity contribution in [2.24, 2.45) is 5.92 Å². The highest BCUT2D eigenvalue weighted by Crippen LogP contribution is 2.43. The van der Waals surface area contributed by atoms with Gasteiger partial charge in [0, 0.05) is 37.9 Å². The van der Waals surface area contributed by atoms with Crippen molar-refractivity contribution in [1.82, 2.24) is 10.3 Å². The molecule has 0 bridgehead atoms. The van der Waals surface area contributed by atoms with Gasteiger partial charge in [-0.1, -0.05) is 6.07 Å². The Morgan fingerprint density at radius 1 is 1.28 bits per heavy atom. The van der Waals surface area contributed by atoms with Crippen LogP contribution in [0.4, 0.5) is 5.82 Å². The summed E-state index contributed by atoms with van der Waals surface area (Å²) >= 11 is 0. The highest BCUT2D eigenvalue weighted by molar-refractivity contribution is 5.78. The number of nitrogens with zero attached hydrogens (tertiary/aromatic N) is 3. The zero-order chi connectivity index (χ0) is 22.1. The number of nitro groups is 1. The van der Waals surface area contributed by atoms with E-state index in [0.717, 1.165) is 0 Å². The van der Waals surface area contributed by atoms with E-state index >= 15 is 0 Å². The van der Waals surface area contributed by atoms with E-state index in [9.17, 15) is 14.9 Å². The third-order valence-electron chi connectivity index (χ3n) is 5.24. The van der Waals surface area contributed by atoms with Crippen molar-refractivity contribution in [3.63, 3.8) is 0 Å². The molecule has 162 valence electrons. The normalized spacial score (nSPS) is 25.0. The van der Waals surface area contributed by atoms with Crippen LogP contribution in [0.15, 0.2) is 18.3 Å². The largest absolute Gasteiger partial charge is 0.459 e. The molecular formula is C20H32N4O5. The van der Waals surface area contributed by atoms with Crippen LogP contribution >= 0.6 is 0 Å². The van der Waals surface area contributed by atoms with Crippen molar-refractivity contribution >= 4 is 11.8 Å². The van der Waals surface area contributed by atoms with Crippen LogP contribution in [0.5, 0.6) is 0 Å². The van der Waals surface area contributed by atoms with Crippen LogP contribution in [0, 0.1) is 16.0 Å². The number of carbonyl (C=O) groups excluding carboxylic acids is 1. The smallest absolute Gasteiger partial charge is 0.324 e. The minimum absolute atomic E-state index is 0.333. The summed E-state index contributed by atoms with van der Waals surface area (Å²) in [5.74, 6) is -0.675. The van der Waals surface area contributed by atoms with Crippen LogP contribution in [0.3, 0.4) is 0 Å². The standard InChI is InChI=1S/C20H32N4O5/c1-19(2,3)29-18(25)15-13(20(4,5)28-8)16(24(26)27)14(22-15)12-10-9-11-21-17(12)23(6)7/h9-11,13-16,22H,1-8H3/t13-,14+,15+,16+/m1/s1. The lowest BCUT2D eigenvalue weighted by Crippen LogP contribution is -2.51. The first-order valence-electron chi connectivity index (χ1n) is 9.60. The average molecular weight is 408 g/mol. The fourth-order valence-corrected chi connectivity index (χ4v) is 3.88. The van der Waals surface area contributed by atoms with Gasteiger partial charge >= 0.3 is 5.97 Å². The average Bonchev–Trinajstić information content (AvgIpc) is 3.02. The summed E-state index contributed by atoms with van der Waals surface area (Å²) in [6, 6.07) is 0.793. The van der Waals surface area contributed by atoms with Crippen LogP contribution < -0.4 is 10.2 Å². The van der Waals surface area contributed by atoms with E-state index in [1.54, 1.807) is 57.8 Å². The first-order valence-corrected chi connectivity index (χ1v) is 9.60. The van der Waals surface area contributed by atoms with E-state index < -0.39 is 41.2 Å². The lowest BCUT2D eigenvalue weighted by atomic mass is 9.79. The quantitative estimate of drug-likeness (QED) is 0.434. The summed E-state index contributed by atoms with van der Waals surface area (Å²) < 4.78 is 11.2. The maximum atomic E-state index is 13.0. The Morgan fingerprint density at radius 3 is 2.38 bits per heavy atom. The summed E-state index contributed by atoms with van der Waals surface area (Å²) in [5, 5.41) is 15.4. The minimum Gasteiger partial charge on any atom is -0.459 e. The number of aromatic nitrogens is 1. The van der Waals surface area contributed by atoms with Gasteiger partial charge in [0.25, 0.3) is 0 Å². The van der Waals surface area contributed by atoms with E-state index in [-0.39, 0.29) is 4.92 Å². The molecule has 2 heterocycles. The van der Waals surface area contributed by atoms with Gasteiger partial charge in [0.1, 0.15) is 23.5 Å². The molecule has 9 nitrogen and oxygen atoms in total. The van der Waals surface area contributed by atoms with Gasteiger partial charge in [0.15, 0.2) is 0 Å². The predicted molar refractivity (Wildman–Crippen MR) is 109 cm³/mol. The highest BCUT2D eigenvalue weighted by atomic mass is 16.6. The Labute approximate surface area is 171 Å². The number of hydrogen-bond acceptors (Lipinski definition) is 8. The molecule has 4 atom stereocenters. The lowest BCUT2D eigenvalue weighted by Gasteiger charge is -2.34. The number of pyridine rings is 1. The van der Waals surface area contributed by atoms with Gasteiger partial charge in [-0.15, -0.1) is 0 Å². The van der Waals surface area contributed by atoms with Crippen molar-refractivity contribution in [2.45, 2.75) is 63.9 Å². The van der Waals surface area contributed by atoms with E-state index in [1.807, 2.05) is 14.1 Å². The molecule has 0 aromatic carbocycles. The van der Waals surface area contributed by atoms with Crippen molar-refractivity contribution in [3.8, 4) is 0 Å². The SMILES string of the molecule is COC(C)(C)[C@H]1[C@H]([N+](=O)[O-])[C@H](c2cccnc2N(C)C)N[C@@H]1C(=O)OC(C)(C)C. The van der Waals surface area contributed by atoms with Crippen LogP contribution in [-0.4, -0.2) is 60.4 Å². The summed E-state index contributed by atoms with van der Waals surface area (Å²) in [4.78, 5) is 31.1. The Hall–Kier alpha value is -2.26. The zero-order valence-corrected chi connectivity index (χ0v) is 18.4. The highest BCUT2D eigenvalue weighted by Gasteiger charge is 2.60. The van der Waals surface area contributed by atoms with Gasteiger partial charge in [0.2, 0.25) is 6.04 Å². The molecule has 0 spiro atoms.